The molecule has 1 fully saturated rings. The number of ketones is 2. The number of hydrogen-bond donors (Lipinski definition) is 1. The van der Waals surface area contributed by atoms with Crippen LogP contribution in [0.3, 0.4) is 0 Å². The molecular weight excluding hydrogens is 385 g/mol. The van der Waals surface area contributed by atoms with E-state index < -0.39 is 23.9 Å². The molecule has 0 unspecified atom stereocenters. The van der Waals surface area contributed by atoms with Gasteiger partial charge in [-0.2, -0.15) is 26.3 Å². The van der Waals surface area contributed by atoms with Crippen molar-refractivity contribution in [1.82, 2.24) is 4.90 Å². The molecule has 0 aliphatic carbocycles. The molecule has 0 amide bonds. The lowest BCUT2D eigenvalue weighted by Gasteiger charge is -2.30. The van der Waals surface area contributed by atoms with Crippen LogP contribution in [0.1, 0.15) is 18.4 Å². The van der Waals surface area contributed by atoms with Crippen LogP contribution >= 0.6 is 0 Å². The van der Waals surface area contributed by atoms with Crippen LogP contribution in [-0.2, 0) is 16.1 Å². The summed E-state index contributed by atoms with van der Waals surface area (Å²) in [5.74, 6) is -6.92. The van der Waals surface area contributed by atoms with Crippen molar-refractivity contribution < 1.29 is 40.3 Å². The van der Waals surface area contributed by atoms with Gasteiger partial charge < -0.3 is 5.73 Å². The summed E-state index contributed by atoms with van der Waals surface area (Å²) in [5, 5.41) is 0. The summed E-state index contributed by atoms with van der Waals surface area (Å²) in [5.41, 5.74) is 6.60. The number of halogens is 7. The molecule has 0 spiro atoms. The fraction of sp³-hybridized carbons (Fsp3) is 0.500. The molecule has 1 aromatic carbocycles. The van der Waals surface area contributed by atoms with Gasteiger partial charge in [0.25, 0.3) is 0 Å². The zero-order chi connectivity index (χ0) is 20.8. The van der Waals surface area contributed by atoms with Crippen molar-refractivity contribution in [3.8, 4) is 0 Å². The van der Waals surface area contributed by atoms with Gasteiger partial charge >= 0.3 is 23.9 Å². The van der Waals surface area contributed by atoms with Crippen molar-refractivity contribution in [2.24, 2.45) is 5.73 Å². The standard InChI is InChI=1S/C12H17FN2.C4F6O2/c13-12-4-2-1-3-10(12)9-15-7-5-11(14)6-8-15;5-3(6,7)1(11)2(12)4(8,9)10/h1-4,11H,5-9,14H2;. The number of carbonyl (C=O) groups excluding carboxylic acids is 2. The number of benzene rings is 1. The minimum absolute atomic E-state index is 0.104. The van der Waals surface area contributed by atoms with Gasteiger partial charge in [0.05, 0.1) is 0 Å². The van der Waals surface area contributed by atoms with E-state index in [2.05, 4.69) is 4.90 Å². The lowest BCUT2D eigenvalue weighted by Crippen LogP contribution is -2.39. The Morgan fingerprint density at radius 2 is 1.41 bits per heavy atom. The first-order chi connectivity index (χ1) is 12.3. The van der Waals surface area contributed by atoms with Crippen molar-refractivity contribution in [3.05, 3.63) is 35.6 Å². The number of nitrogens with zero attached hydrogens (tertiary/aromatic N) is 1. The van der Waals surface area contributed by atoms with Crippen molar-refractivity contribution in [1.29, 1.82) is 0 Å². The van der Waals surface area contributed by atoms with E-state index in [-0.39, 0.29) is 5.82 Å². The number of carbonyl (C=O) groups is 2. The van der Waals surface area contributed by atoms with E-state index in [1.54, 1.807) is 6.07 Å². The van der Waals surface area contributed by atoms with E-state index in [1.807, 2.05) is 12.1 Å². The minimum atomic E-state index is -5.77. The molecule has 0 saturated carbocycles. The smallest absolute Gasteiger partial charge is 0.328 e. The van der Waals surface area contributed by atoms with Gasteiger partial charge in [0.15, 0.2) is 0 Å². The van der Waals surface area contributed by atoms with Gasteiger partial charge in [-0.25, -0.2) is 4.39 Å². The lowest BCUT2D eigenvalue weighted by atomic mass is 10.1. The van der Waals surface area contributed by atoms with Crippen LogP contribution in [0, 0.1) is 5.82 Å². The molecule has 1 aliphatic rings. The number of piperidine rings is 1. The number of rotatable bonds is 3. The molecule has 0 bridgehead atoms. The van der Waals surface area contributed by atoms with Gasteiger partial charge in [-0.3, -0.25) is 14.5 Å². The zero-order valence-corrected chi connectivity index (χ0v) is 13.9. The fourth-order valence-corrected chi connectivity index (χ4v) is 2.24. The monoisotopic (exact) mass is 402 g/mol. The minimum Gasteiger partial charge on any atom is -0.328 e. The highest BCUT2D eigenvalue weighted by Gasteiger charge is 2.54. The molecular formula is C16H17F7N2O2. The Hall–Kier alpha value is -2.01. The number of hydrogen-bond acceptors (Lipinski definition) is 4. The number of Topliss-reactive ketones (excluding diaryl/α,β-unsaturated/α-hetero) is 2. The largest absolute Gasteiger partial charge is 0.458 e. The Morgan fingerprint density at radius 1 is 0.963 bits per heavy atom. The number of nitrogens with two attached hydrogens (primary N) is 1. The molecule has 1 aliphatic heterocycles. The van der Waals surface area contributed by atoms with E-state index >= 15 is 0 Å². The van der Waals surface area contributed by atoms with Crippen LogP contribution in [0.4, 0.5) is 30.7 Å². The highest BCUT2D eigenvalue weighted by molar-refractivity contribution is 6.41. The highest BCUT2D eigenvalue weighted by Crippen LogP contribution is 2.24. The molecule has 27 heavy (non-hydrogen) atoms. The molecule has 0 radical (unpaired) electrons. The molecule has 1 heterocycles. The van der Waals surface area contributed by atoms with Crippen molar-refractivity contribution >= 4 is 11.6 Å². The molecule has 0 atom stereocenters. The molecule has 2 N–H and O–H groups in total. The van der Waals surface area contributed by atoms with Crippen LogP contribution in [0.5, 0.6) is 0 Å². The Morgan fingerprint density at radius 3 is 1.81 bits per heavy atom. The third-order valence-corrected chi connectivity index (χ3v) is 3.71. The summed E-state index contributed by atoms with van der Waals surface area (Å²) in [4.78, 5) is 21.5. The molecule has 11 heteroatoms. The Kier molecular flexibility index (Phi) is 7.90. The van der Waals surface area contributed by atoms with Crippen LogP contribution in [0.2, 0.25) is 0 Å². The Balaban J connectivity index is 0.000000279. The van der Waals surface area contributed by atoms with Gasteiger partial charge in [-0.1, -0.05) is 18.2 Å². The van der Waals surface area contributed by atoms with Gasteiger partial charge in [-0.15, -0.1) is 0 Å². The fourth-order valence-electron chi connectivity index (χ4n) is 2.24. The van der Waals surface area contributed by atoms with Crippen LogP contribution in [-0.4, -0.2) is 48.0 Å². The number of alkyl halides is 6. The lowest BCUT2D eigenvalue weighted by molar-refractivity contribution is -0.193. The summed E-state index contributed by atoms with van der Waals surface area (Å²) >= 11 is 0. The SMILES string of the molecule is NC1CCN(Cc2ccccc2F)CC1.O=C(C(=O)C(F)(F)F)C(F)(F)F. The Labute approximate surface area is 150 Å². The normalized spacial score (nSPS) is 16.4. The van der Waals surface area contributed by atoms with Gasteiger partial charge in [-0.05, 0) is 32.0 Å². The molecule has 2 rings (SSSR count). The van der Waals surface area contributed by atoms with Gasteiger partial charge in [0, 0.05) is 18.2 Å². The Bertz CT molecular complexity index is 627. The maximum Gasteiger partial charge on any atom is 0.458 e. The van der Waals surface area contributed by atoms with E-state index in [1.165, 1.54) is 6.07 Å². The summed E-state index contributed by atoms with van der Waals surface area (Å²) < 4.78 is 80.3. The highest BCUT2D eigenvalue weighted by atomic mass is 19.4. The third kappa shape index (κ3) is 7.63. The summed E-state index contributed by atoms with van der Waals surface area (Å²) in [6.45, 7) is 2.67. The van der Waals surface area contributed by atoms with E-state index in [4.69, 9.17) is 5.73 Å². The summed E-state index contributed by atoms with van der Waals surface area (Å²) in [6, 6.07) is 7.32. The van der Waals surface area contributed by atoms with Crippen molar-refractivity contribution in [3.63, 3.8) is 0 Å². The topological polar surface area (TPSA) is 63.4 Å². The average Bonchev–Trinajstić information content (AvgIpc) is 2.56. The molecule has 1 aromatic rings. The van der Waals surface area contributed by atoms with Crippen LogP contribution < -0.4 is 5.73 Å². The van der Waals surface area contributed by atoms with Crippen molar-refractivity contribution in [2.75, 3.05) is 13.1 Å². The first-order valence-electron chi connectivity index (χ1n) is 7.76. The zero-order valence-electron chi connectivity index (χ0n) is 13.9. The molecule has 0 aromatic heterocycles. The van der Waals surface area contributed by atoms with Gasteiger partial charge in [0.1, 0.15) is 5.82 Å². The maximum absolute atomic E-state index is 13.4. The number of likely N-dealkylation sites (tertiary alicyclic amines) is 1. The van der Waals surface area contributed by atoms with E-state index in [0.717, 1.165) is 31.5 Å². The van der Waals surface area contributed by atoms with Crippen molar-refractivity contribution in [2.45, 2.75) is 37.8 Å². The molecule has 1 saturated heterocycles. The molecule has 4 nitrogen and oxygen atoms in total. The predicted octanol–water partition coefficient (Wildman–Crippen LogP) is 3.00. The van der Waals surface area contributed by atoms with E-state index in [9.17, 15) is 40.3 Å². The maximum atomic E-state index is 13.4. The van der Waals surface area contributed by atoms with Crippen LogP contribution in [0.15, 0.2) is 24.3 Å². The van der Waals surface area contributed by atoms with Crippen LogP contribution in [0.25, 0.3) is 0 Å². The summed E-state index contributed by atoms with van der Waals surface area (Å²) in [7, 11) is 0. The second-order valence-electron chi connectivity index (χ2n) is 5.86. The quantitative estimate of drug-likeness (QED) is 0.624. The van der Waals surface area contributed by atoms with E-state index in [0.29, 0.717) is 12.6 Å². The van der Waals surface area contributed by atoms with Gasteiger partial charge in [0.2, 0.25) is 0 Å². The summed E-state index contributed by atoms with van der Waals surface area (Å²) in [6.07, 6.45) is -9.50. The second kappa shape index (κ2) is 9.27. The third-order valence-electron chi connectivity index (χ3n) is 3.71. The average molecular weight is 402 g/mol. The second-order valence-corrected chi connectivity index (χ2v) is 5.86. The molecule has 152 valence electrons. The predicted molar refractivity (Wildman–Crippen MR) is 81.0 cm³/mol. The first kappa shape index (κ1) is 23.0. The first-order valence-corrected chi connectivity index (χ1v) is 7.76.